The number of carbonyl (C=O) groups is 1. The van der Waals surface area contributed by atoms with Gasteiger partial charge in [-0.3, -0.25) is 4.79 Å². The average Bonchev–Trinajstić information content (AvgIpc) is 2.42. The number of nitrogens with zero attached hydrogens (tertiary/aromatic N) is 1. The van der Waals surface area contributed by atoms with Crippen molar-refractivity contribution in [2.75, 3.05) is 31.6 Å². The third kappa shape index (κ3) is 3.58. The smallest absolute Gasteiger partial charge is 0.244 e. The summed E-state index contributed by atoms with van der Waals surface area (Å²) >= 11 is 5.68. The predicted octanol–water partition coefficient (Wildman–Crippen LogP) is 2.14. The van der Waals surface area contributed by atoms with Crippen molar-refractivity contribution in [2.45, 2.75) is 13.0 Å². The molecule has 0 saturated carbocycles. The molecule has 1 aromatic rings. The van der Waals surface area contributed by atoms with Gasteiger partial charge in [0.2, 0.25) is 5.91 Å². The van der Waals surface area contributed by atoms with Gasteiger partial charge in [-0.1, -0.05) is 11.6 Å². The summed E-state index contributed by atoms with van der Waals surface area (Å²) in [6.07, 6.45) is 0. The molecule has 1 amide bonds. The normalized spacial score (nSPS) is 17.1. The molecular weight excluding hydrogens is 271 g/mol. The molecule has 1 N–H and O–H groups in total. The molecule has 2 rings (SSSR count). The van der Waals surface area contributed by atoms with Gasteiger partial charge in [0.1, 0.15) is 11.9 Å². The molecule has 0 aromatic heterocycles. The van der Waals surface area contributed by atoms with E-state index in [0.717, 1.165) is 0 Å². The number of halogens is 2. The molecule has 0 aliphatic carbocycles. The molecule has 1 aliphatic rings. The minimum atomic E-state index is -0.492. The van der Waals surface area contributed by atoms with Crippen LogP contribution in [0.15, 0.2) is 18.2 Å². The molecule has 1 atom stereocenters. The first kappa shape index (κ1) is 14.1. The lowest BCUT2D eigenvalue weighted by Crippen LogP contribution is -2.47. The molecule has 19 heavy (non-hydrogen) atoms. The van der Waals surface area contributed by atoms with Gasteiger partial charge in [0.15, 0.2) is 0 Å². The number of nitrogens with one attached hydrogen (secondary N) is 1. The van der Waals surface area contributed by atoms with Gasteiger partial charge in [0.25, 0.3) is 0 Å². The number of hydrogen-bond donors (Lipinski definition) is 1. The largest absolute Gasteiger partial charge is 0.378 e. The monoisotopic (exact) mass is 286 g/mol. The van der Waals surface area contributed by atoms with Crippen molar-refractivity contribution in [2.24, 2.45) is 0 Å². The molecule has 1 unspecified atom stereocenters. The topological polar surface area (TPSA) is 41.6 Å². The van der Waals surface area contributed by atoms with Gasteiger partial charge in [-0.25, -0.2) is 4.39 Å². The number of hydrogen-bond acceptors (Lipinski definition) is 3. The molecular formula is C13H16ClFN2O2. The van der Waals surface area contributed by atoms with Crippen LogP contribution in [0.25, 0.3) is 0 Å². The van der Waals surface area contributed by atoms with Gasteiger partial charge in [-0.2, -0.15) is 0 Å². The first-order valence-electron chi connectivity index (χ1n) is 6.16. The Balaban J connectivity index is 1.99. The van der Waals surface area contributed by atoms with E-state index in [-0.39, 0.29) is 11.6 Å². The second-order valence-electron chi connectivity index (χ2n) is 4.43. The highest BCUT2D eigenvalue weighted by molar-refractivity contribution is 6.30. The van der Waals surface area contributed by atoms with Gasteiger partial charge in [0, 0.05) is 18.1 Å². The Labute approximate surface area is 116 Å². The van der Waals surface area contributed by atoms with E-state index in [1.54, 1.807) is 17.9 Å². The zero-order valence-corrected chi connectivity index (χ0v) is 11.4. The van der Waals surface area contributed by atoms with E-state index in [2.05, 4.69) is 5.32 Å². The summed E-state index contributed by atoms with van der Waals surface area (Å²) in [5.74, 6) is -0.522. The first-order valence-corrected chi connectivity index (χ1v) is 6.54. The SMILES string of the molecule is CC(Nc1ccc(Cl)cc1F)C(=O)N1CCOCC1. The van der Waals surface area contributed by atoms with Crippen molar-refractivity contribution >= 4 is 23.2 Å². The van der Waals surface area contributed by atoms with Crippen LogP contribution in [0, 0.1) is 5.82 Å². The van der Waals surface area contributed by atoms with Crippen LogP contribution in [0.5, 0.6) is 0 Å². The van der Waals surface area contributed by atoms with E-state index in [1.165, 1.54) is 12.1 Å². The molecule has 4 nitrogen and oxygen atoms in total. The fourth-order valence-electron chi connectivity index (χ4n) is 1.96. The van der Waals surface area contributed by atoms with E-state index in [1.807, 2.05) is 0 Å². The molecule has 104 valence electrons. The Kier molecular flexibility index (Phi) is 4.61. The number of amides is 1. The van der Waals surface area contributed by atoms with Gasteiger partial charge >= 0.3 is 0 Å². The van der Waals surface area contributed by atoms with Crippen molar-refractivity contribution in [1.82, 2.24) is 4.90 Å². The Bertz CT molecular complexity index is 464. The molecule has 1 aromatic carbocycles. The van der Waals surface area contributed by atoms with Crippen LogP contribution < -0.4 is 5.32 Å². The van der Waals surface area contributed by atoms with Gasteiger partial charge in [-0.15, -0.1) is 0 Å². The number of carbonyl (C=O) groups excluding carboxylic acids is 1. The van der Waals surface area contributed by atoms with Crippen molar-refractivity contribution in [3.05, 3.63) is 29.0 Å². The van der Waals surface area contributed by atoms with Crippen LogP contribution in [-0.4, -0.2) is 43.2 Å². The highest BCUT2D eigenvalue weighted by Crippen LogP contribution is 2.20. The van der Waals surface area contributed by atoms with E-state index in [4.69, 9.17) is 16.3 Å². The summed E-state index contributed by atoms with van der Waals surface area (Å²) < 4.78 is 18.8. The molecule has 1 aliphatic heterocycles. The summed E-state index contributed by atoms with van der Waals surface area (Å²) in [6, 6.07) is 3.84. The van der Waals surface area contributed by atoms with Crippen LogP contribution in [-0.2, 0) is 9.53 Å². The summed E-state index contributed by atoms with van der Waals surface area (Å²) in [4.78, 5) is 13.9. The summed E-state index contributed by atoms with van der Waals surface area (Å²) in [6.45, 7) is 3.97. The van der Waals surface area contributed by atoms with Crippen LogP contribution in [0.1, 0.15) is 6.92 Å². The molecule has 0 spiro atoms. The third-order valence-electron chi connectivity index (χ3n) is 3.00. The second-order valence-corrected chi connectivity index (χ2v) is 4.86. The van der Waals surface area contributed by atoms with Crippen molar-refractivity contribution in [1.29, 1.82) is 0 Å². The van der Waals surface area contributed by atoms with Crippen LogP contribution in [0.4, 0.5) is 10.1 Å². The minimum absolute atomic E-state index is 0.0577. The standard InChI is InChI=1S/C13H16ClFN2O2/c1-9(13(18)17-4-6-19-7-5-17)16-12-3-2-10(14)8-11(12)15/h2-3,8-9,16H,4-7H2,1H3. The van der Waals surface area contributed by atoms with Crippen molar-refractivity contribution in [3.63, 3.8) is 0 Å². The molecule has 1 saturated heterocycles. The number of anilines is 1. The maximum absolute atomic E-state index is 13.6. The number of ether oxygens (including phenoxy) is 1. The average molecular weight is 287 g/mol. The lowest BCUT2D eigenvalue weighted by molar-refractivity contribution is -0.135. The maximum Gasteiger partial charge on any atom is 0.244 e. The second kappa shape index (κ2) is 6.21. The molecule has 1 fully saturated rings. The maximum atomic E-state index is 13.6. The minimum Gasteiger partial charge on any atom is -0.378 e. The number of morpholine rings is 1. The van der Waals surface area contributed by atoms with E-state index in [9.17, 15) is 9.18 Å². The highest BCUT2D eigenvalue weighted by atomic mass is 35.5. The first-order chi connectivity index (χ1) is 9.08. The molecule has 0 radical (unpaired) electrons. The highest BCUT2D eigenvalue weighted by Gasteiger charge is 2.22. The Hall–Kier alpha value is -1.33. The fourth-order valence-corrected chi connectivity index (χ4v) is 2.12. The molecule has 0 bridgehead atoms. The van der Waals surface area contributed by atoms with Crippen molar-refractivity contribution < 1.29 is 13.9 Å². The summed E-state index contributed by atoms with van der Waals surface area (Å²) in [7, 11) is 0. The summed E-state index contributed by atoms with van der Waals surface area (Å²) in [5, 5.41) is 3.20. The zero-order chi connectivity index (χ0) is 13.8. The lowest BCUT2D eigenvalue weighted by atomic mass is 10.2. The Morgan fingerprint density at radius 3 is 2.79 bits per heavy atom. The van der Waals surface area contributed by atoms with Gasteiger partial charge < -0.3 is 15.0 Å². The Morgan fingerprint density at radius 1 is 1.47 bits per heavy atom. The molecule has 6 heteroatoms. The predicted molar refractivity (Wildman–Crippen MR) is 71.9 cm³/mol. The van der Waals surface area contributed by atoms with E-state index < -0.39 is 11.9 Å². The van der Waals surface area contributed by atoms with Crippen molar-refractivity contribution in [3.8, 4) is 0 Å². The summed E-state index contributed by atoms with van der Waals surface area (Å²) in [5.41, 5.74) is 0.276. The quantitative estimate of drug-likeness (QED) is 0.926. The van der Waals surface area contributed by atoms with E-state index >= 15 is 0 Å². The zero-order valence-electron chi connectivity index (χ0n) is 10.7. The van der Waals surface area contributed by atoms with Crippen LogP contribution in [0.2, 0.25) is 5.02 Å². The Morgan fingerprint density at radius 2 is 2.16 bits per heavy atom. The van der Waals surface area contributed by atoms with Gasteiger partial charge in [-0.05, 0) is 25.1 Å². The molecule has 1 heterocycles. The fraction of sp³-hybridized carbons (Fsp3) is 0.462. The number of benzene rings is 1. The number of rotatable bonds is 3. The van der Waals surface area contributed by atoms with E-state index in [0.29, 0.717) is 31.3 Å². The van der Waals surface area contributed by atoms with Crippen LogP contribution >= 0.6 is 11.6 Å². The van der Waals surface area contributed by atoms with Gasteiger partial charge in [0.05, 0.1) is 18.9 Å². The lowest BCUT2D eigenvalue weighted by Gasteiger charge is -2.29. The van der Waals surface area contributed by atoms with Crippen LogP contribution in [0.3, 0.4) is 0 Å². The third-order valence-corrected chi connectivity index (χ3v) is 3.23.